The zero-order valence-corrected chi connectivity index (χ0v) is 16.2. The van der Waals surface area contributed by atoms with E-state index in [1.807, 2.05) is 66.7 Å². The summed E-state index contributed by atoms with van der Waals surface area (Å²) in [6.45, 7) is 0.469. The summed E-state index contributed by atoms with van der Waals surface area (Å²) in [7, 11) is 0. The molecule has 0 aromatic heterocycles. The molecule has 28 heavy (non-hydrogen) atoms. The molecule has 0 aliphatic heterocycles. The molecule has 1 amide bonds. The third kappa shape index (κ3) is 4.91. The number of carbonyl (C=O) groups excluding carboxylic acids is 1. The summed E-state index contributed by atoms with van der Waals surface area (Å²) in [6.07, 6.45) is 1.04. The minimum Gasteiger partial charge on any atom is -0.489 e. The first-order valence-electron chi connectivity index (χ1n) is 9.13. The number of carbonyl (C=O) groups is 1. The van der Waals surface area contributed by atoms with E-state index < -0.39 is 0 Å². The van der Waals surface area contributed by atoms with Crippen LogP contribution in [0, 0.1) is 0 Å². The molecule has 1 saturated carbocycles. The Balaban J connectivity index is 0.00000225. The van der Waals surface area contributed by atoms with Crippen LogP contribution in [0.2, 0.25) is 0 Å². The van der Waals surface area contributed by atoms with Crippen molar-refractivity contribution in [1.29, 1.82) is 0 Å². The predicted molar refractivity (Wildman–Crippen MR) is 114 cm³/mol. The Kier molecular flexibility index (Phi) is 6.34. The SMILES string of the molecule is Cl.NC1CC1c1ccc(NC(=O)c2cccc(OCc3ccccc3)c2)cc1. The van der Waals surface area contributed by atoms with Gasteiger partial charge in [-0.3, -0.25) is 4.79 Å². The van der Waals surface area contributed by atoms with Crippen molar-refractivity contribution in [2.24, 2.45) is 5.73 Å². The third-order valence-corrected chi connectivity index (χ3v) is 4.78. The van der Waals surface area contributed by atoms with Crippen LogP contribution >= 0.6 is 12.4 Å². The average molecular weight is 395 g/mol. The molecular formula is C23H23ClN2O2. The lowest BCUT2D eigenvalue weighted by molar-refractivity contribution is 0.102. The number of benzene rings is 3. The first-order chi connectivity index (χ1) is 13.2. The second-order valence-corrected chi connectivity index (χ2v) is 6.88. The van der Waals surface area contributed by atoms with Crippen LogP contribution in [-0.4, -0.2) is 11.9 Å². The molecule has 0 heterocycles. The van der Waals surface area contributed by atoms with Crippen molar-refractivity contribution >= 4 is 24.0 Å². The zero-order valence-electron chi connectivity index (χ0n) is 15.4. The molecule has 144 valence electrons. The van der Waals surface area contributed by atoms with E-state index in [1.165, 1.54) is 5.56 Å². The fourth-order valence-electron chi connectivity index (χ4n) is 3.08. The summed E-state index contributed by atoms with van der Waals surface area (Å²) >= 11 is 0. The largest absolute Gasteiger partial charge is 0.489 e. The number of nitrogens with one attached hydrogen (secondary N) is 1. The highest BCUT2D eigenvalue weighted by Gasteiger charge is 2.34. The van der Waals surface area contributed by atoms with Gasteiger partial charge in [0.1, 0.15) is 12.4 Å². The Bertz CT molecular complexity index is 929. The first kappa shape index (κ1) is 19.9. The molecule has 2 unspecified atom stereocenters. The van der Waals surface area contributed by atoms with Gasteiger partial charge in [-0.25, -0.2) is 0 Å². The number of rotatable bonds is 6. The maximum atomic E-state index is 12.5. The topological polar surface area (TPSA) is 64.3 Å². The molecule has 3 aromatic carbocycles. The van der Waals surface area contributed by atoms with Gasteiger partial charge in [0.2, 0.25) is 0 Å². The maximum Gasteiger partial charge on any atom is 0.255 e. The number of amides is 1. The van der Waals surface area contributed by atoms with Crippen molar-refractivity contribution in [2.75, 3.05) is 5.32 Å². The molecule has 1 aliphatic carbocycles. The molecule has 0 saturated heterocycles. The normalized spacial score (nSPS) is 17.3. The van der Waals surface area contributed by atoms with Gasteiger partial charge in [-0.1, -0.05) is 48.5 Å². The zero-order chi connectivity index (χ0) is 18.6. The second kappa shape index (κ2) is 8.91. The molecule has 4 nitrogen and oxygen atoms in total. The van der Waals surface area contributed by atoms with Crippen molar-refractivity contribution in [3.8, 4) is 5.75 Å². The Morgan fingerprint density at radius 3 is 2.39 bits per heavy atom. The smallest absolute Gasteiger partial charge is 0.255 e. The van der Waals surface area contributed by atoms with Crippen LogP contribution in [-0.2, 0) is 6.61 Å². The van der Waals surface area contributed by atoms with E-state index in [9.17, 15) is 4.79 Å². The van der Waals surface area contributed by atoms with Crippen molar-refractivity contribution in [3.05, 3.63) is 95.6 Å². The van der Waals surface area contributed by atoms with Gasteiger partial charge >= 0.3 is 0 Å². The lowest BCUT2D eigenvalue weighted by Gasteiger charge is -2.09. The fourth-order valence-corrected chi connectivity index (χ4v) is 3.08. The molecule has 0 bridgehead atoms. The standard InChI is InChI=1S/C23H22N2O2.ClH/c24-22-14-21(22)17-9-11-19(12-10-17)25-23(26)18-7-4-8-20(13-18)27-15-16-5-2-1-3-6-16;/h1-13,21-22H,14-15,24H2,(H,25,26);1H. The molecule has 0 radical (unpaired) electrons. The van der Waals surface area contributed by atoms with Gasteiger partial charge in [0.05, 0.1) is 0 Å². The number of hydrogen-bond acceptors (Lipinski definition) is 3. The highest BCUT2D eigenvalue weighted by Crippen LogP contribution is 2.39. The number of ether oxygens (including phenoxy) is 1. The van der Waals surface area contributed by atoms with Gasteiger partial charge < -0.3 is 15.8 Å². The van der Waals surface area contributed by atoms with E-state index in [1.54, 1.807) is 12.1 Å². The third-order valence-electron chi connectivity index (χ3n) is 4.78. The second-order valence-electron chi connectivity index (χ2n) is 6.88. The van der Waals surface area contributed by atoms with E-state index >= 15 is 0 Å². The lowest BCUT2D eigenvalue weighted by Crippen LogP contribution is -2.12. The van der Waals surface area contributed by atoms with Crippen LogP contribution in [0.25, 0.3) is 0 Å². The molecule has 2 atom stereocenters. The van der Waals surface area contributed by atoms with Gasteiger partial charge in [-0.15, -0.1) is 12.4 Å². The number of hydrogen-bond donors (Lipinski definition) is 2. The minimum atomic E-state index is -0.156. The molecule has 3 aromatic rings. The van der Waals surface area contributed by atoms with Crippen LogP contribution in [0.3, 0.4) is 0 Å². The van der Waals surface area contributed by atoms with Crippen LogP contribution < -0.4 is 15.8 Å². The summed E-state index contributed by atoms with van der Waals surface area (Å²) in [4.78, 5) is 12.5. The highest BCUT2D eigenvalue weighted by molar-refractivity contribution is 6.04. The van der Waals surface area contributed by atoms with E-state index in [0.29, 0.717) is 23.8 Å². The van der Waals surface area contributed by atoms with E-state index in [-0.39, 0.29) is 24.4 Å². The van der Waals surface area contributed by atoms with E-state index in [0.717, 1.165) is 17.7 Å². The van der Waals surface area contributed by atoms with Gasteiger partial charge in [-0.2, -0.15) is 0 Å². The van der Waals surface area contributed by atoms with Crippen LogP contribution in [0.1, 0.15) is 33.8 Å². The molecular weight excluding hydrogens is 372 g/mol. The Labute approximate surface area is 171 Å². The van der Waals surface area contributed by atoms with Gasteiger partial charge in [0.15, 0.2) is 0 Å². The summed E-state index contributed by atoms with van der Waals surface area (Å²) in [5.41, 5.74) is 9.54. The Morgan fingerprint density at radius 2 is 1.71 bits per heavy atom. The first-order valence-corrected chi connectivity index (χ1v) is 9.13. The maximum absolute atomic E-state index is 12.5. The summed E-state index contributed by atoms with van der Waals surface area (Å²) in [5, 5.41) is 2.93. The lowest BCUT2D eigenvalue weighted by atomic mass is 10.1. The van der Waals surface area contributed by atoms with Crippen molar-refractivity contribution in [1.82, 2.24) is 0 Å². The summed E-state index contributed by atoms with van der Waals surface area (Å²) in [6, 6.07) is 25.4. The number of halogens is 1. The van der Waals surface area contributed by atoms with Gasteiger partial charge in [0, 0.05) is 23.2 Å². The number of anilines is 1. The molecule has 0 spiro atoms. The highest BCUT2D eigenvalue weighted by atomic mass is 35.5. The van der Waals surface area contributed by atoms with Crippen LogP contribution in [0.4, 0.5) is 5.69 Å². The average Bonchev–Trinajstić information content (AvgIpc) is 3.44. The van der Waals surface area contributed by atoms with Crippen molar-refractivity contribution in [3.63, 3.8) is 0 Å². The molecule has 3 N–H and O–H groups in total. The minimum absolute atomic E-state index is 0. The van der Waals surface area contributed by atoms with Crippen LogP contribution in [0.5, 0.6) is 5.75 Å². The quantitative estimate of drug-likeness (QED) is 0.633. The fraction of sp³-hybridized carbons (Fsp3) is 0.174. The molecule has 4 rings (SSSR count). The van der Waals surface area contributed by atoms with E-state index in [4.69, 9.17) is 10.5 Å². The molecule has 1 aliphatic rings. The van der Waals surface area contributed by atoms with Crippen molar-refractivity contribution < 1.29 is 9.53 Å². The van der Waals surface area contributed by atoms with Crippen LogP contribution in [0.15, 0.2) is 78.9 Å². The summed E-state index contributed by atoms with van der Waals surface area (Å²) < 4.78 is 5.80. The van der Waals surface area contributed by atoms with Gasteiger partial charge in [-0.05, 0) is 47.9 Å². The monoisotopic (exact) mass is 394 g/mol. The van der Waals surface area contributed by atoms with Crippen molar-refractivity contribution in [2.45, 2.75) is 25.0 Å². The number of nitrogens with two attached hydrogens (primary N) is 1. The Morgan fingerprint density at radius 1 is 1.00 bits per heavy atom. The van der Waals surface area contributed by atoms with Gasteiger partial charge in [0.25, 0.3) is 5.91 Å². The predicted octanol–water partition coefficient (Wildman–Crippen LogP) is 4.75. The molecule has 5 heteroatoms. The molecule has 1 fully saturated rings. The van der Waals surface area contributed by atoms with E-state index in [2.05, 4.69) is 5.32 Å². The summed E-state index contributed by atoms with van der Waals surface area (Å²) in [5.74, 6) is 0.980. The Hall–Kier alpha value is -2.82.